The number of carbonyl (C=O) groups excluding carboxylic acids is 1. The number of thiazole rings is 1. The third-order valence-corrected chi connectivity index (χ3v) is 7.99. The molecule has 5 rings (SSSR count). The Labute approximate surface area is 245 Å². The van der Waals surface area contributed by atoms with E-state index in [9.17, 15) is 9.59 Å². The minimum absolute atomic E-state index is 0.272. The second-order valence-corrected chi connectivity index (χ2v) is 11.4. The van der Waals surface area contributed by atoms with E-state index < -0.39 is 12.0 Å². The highest BCUT2D eigenvalue weighted by Gasteiger charge is 2.33. The molecule has 0 aliphatic carbocycles. The number of benzene rings is 3. The maximum atomic E-state index is 13.8. The SMILES string of the molecule is CC1=C(C(=O)OC(C)C)C(c2ccc(OCc3ccccc3)cc2)n2c(sc(=Cc3ccc(Cl)c(Cl)c3)c2=O)=N1. The van der Waals surface area contributed by atoms with Gasteiger partial charge in [0.25, 0.3) is 5.56 Å². The van der Waals surface area contributed by atoms with Crippen molar-refractivity contribution in [2.75, 3.05) is 0 Å². The molecule has 1 aromatic heterocycles. The lowest BCUT2D eigenvalue weighted by Gasteiger charge is -2.25. The van der Waals surface area contributed by atoms with Crippen molar-refractivity contribution in [3.63, 3.8) is 0 Å². The van der Waals surface area contributed by atoms with Crippen molar-refractivity contribution in [2.24, 2.45) is 4.99 Å². The van der Waals surface area contributed by atoms with E-state index >= 15 is 0 Å². The molecule has 0 radical (unpaired) electrons. The molecule has 0 saturated carbocycles. The third kappa shape index (κ3) is 5.92. The van der Waals surface area contributed by atoms with Crippen molar-refractivity contribution >= 4 is 46.6 Å². The molecule has 204 valence electrons. The van der Waals surface area contributed by atoms with Crippen LogP contribution in [0.4, 0.5) is 0 Å². The van der Waals surface area contributed by atoms with Crippen molar-refractivity contribution in [3.8, 4) is 5.75 Å². The number of allylic oxidation sites excluding steroid dienone is 1. The first-order valence-corrected chi connectivity index (χ1v) is 14.2. The number of nitrogens with zero attached hydrogens (tertiary/aromatic N) is 2. The van der Waals surface area contributed by atoms with Gasteiger partial charge in [0.2, 0.25) is 0 Å². The molecule has 0 saturated heterocycles. The standard InChI is InChI=1S/C31H26Cl2N2O4S/c1-18(2)39-30(37)27-19(3)34-31-35(29(36)26(40-31)16-21-9-14-24(32)25(33)15-21)28(27)22-10-12-23(13-11-22)38-17-20-7-5-4-6-8-20/h4-16,18,28H,17H2,1-3H3. The van der Waals surface area contributed by atoms with Gasteiger partial charge in [-0.05, 0) is 67.8 Å². The number of aromatic nitrogens is 1. The maximum absolute atomic E-state index is 13.8. The van der Waals surface area contributed by atoms with Gasteiger partial charge in [-0.1, -0.05) is 83.1 Å². The predicted octanol–water partition coefficient (Wildman–Crippen LogP) is 6.07. The summed E-state index contributed by atoms with van der Waals surface area (Å²) in [5.74, 6) is 0.163. The molecule has 9 heteroatoms. The molecule has 3 aromatic carbocycles. The molecule has 0 bridgehead atoms. The van der Waals surface area contributed by atoms with Gasteiger partial charge >= 0.3 is 5.97 Å². The summed E-state index contributed by atoms with van der Waals surface area (Å²) in [5, 5.41) is 0.825. The molecule has 2 heterocycles. The van der Waals surface area contributed by atoms with Crippen LogP contribution in [0.25, 0.3) is 6.08 Å². The molecule has 40 heavy (non-hydrogen) atoms. The highest BCUT2D eigenvalue weighted by molar-refractivity contribution is 7.07. The third-order valence-electron chi connectivity index (χ3n) is 6.27. The lowest BCUT2D eigenvalue weighted by molar-refractivity contribution is -0.143. The van der Waals surface area contributed by atoms with Crippen LogP contribution in [-0.2, 0) is 16.1 Å². The molecular weight excluding hydrogens is 567 g/mol. The molecule has 0 spiro atoms. The fraction of sp³-hybridized carbons (Fsp3) is 0.194. The maximum Gasteiger partial charge on any atom is 0.338 e. The number of halogens is 2. The molecule has 4 aromatic rings. The highest BCUT2D eigenvalue weighted by atomic mass is 35.5. The number of carbonyl (C=O) groups is 1. The lowest BCUT2D eigenvalue weighted by Crippen LogP contribution is -2.40. The summed E-state index contributed by atoms with van der Waals surface area (Å²) in [7, 11) is 0. The molecule has 1 unspecified atom stereocenters. The highest BCUT2D eigenvalue weighted by Crippen LogP contribution is 2.32. The summed E-state index contributed by atoms with van der Waals surface area (Å²) < 4.78 is 13.5. The van der Waals surface area contributed by atoms with Crippen LogP contribution in [0.15, 0.2) is 93.9 Å². The minimum atomic E-state index is -0.721. The number of ether oxygens (including phenoxy) is 2. The summed E-state index contributed by atoms with van der Waals surface area (Å²) >= 11 is 13.5. The van der Waals surface area contributed by atoms with Gasteiger partial charge in [0, 0.05) is 0 Å². The predicted molar refractivity (Wildman–Crippen MR) is 159 cm³/mol. The largest absolute Gasteiger partial charge is 0.489 e. The van der Waals surface area contributed by atoms with E-state index in [1.165, 1.54) is 11.3 Å². The zero-order valence-electron chi connectivity index (χ0n) is 22.1. The van der Waals surface area contributed by atoms with E-state index in [4.69, 9.17) is 32.7 Å². The molecule has 6 nitrogen and oxygen atoms in total. The number of hydrogen-bond donors (Lipinski definition) is 0. The zero-order valence-corrected chi connectivity index (χ0v) is 24.4. The first kappa shape index (κ1) is 27.9. The lowest BCUT2D eigenvalue weighted by atomic mass is 9.96. The fourth-order valence-corrected chi connectivity index (χ4v) is 5.77. The van der Waals surface area contributed by atoms with Gasteiger partial charge in [-0.15, -0.1) is 0 Å². The van der Waals surface area contributed by atoms with Gasteiger partial charge in [-0.3, -0.25) is 9.36 Å². The van der Waals surface area contributed by atoms with E-state index in [1.54, 1.807) is 49.6 Å². The second-order valence-electron chi connectivity index (χ2n) is 9.55. The van der Waals surface area contributed by atoms with Gasteiger partial charge in [0.15, 0.2) is 4.80 Å². The molecule has 0 N–H and O–H groups in total. The average Bonchev–Trinajstić information content (AvgIpc) is 3.23. The Morgan fingerprint density at radius 3 is 2.45 bits per heavy atom. The van der Waals surface area contributed by atoms with E-state index in [-0.39, 0.29) is 11.7 Å². The zero-order chi connectivity index (χ0) is 28.4. The van der Waals surface area contributed by atoms with Gasteiger partial charge in [0.1, 0.15) is 12.4 Å². The normalized spacial score (nSPS) is 15.2. The summed E-state index contributed by atoms with van der Waals surface area (Å²) in [6, 6.07) is 21.7. The number of fused-ring (bicyclic) bond motifs is 1. The number of esters is 1. The molecule has 0 fully saturated rings. The van der Waals surface area contributed by atoms with Crippen LogP contribution in [0.1, 0.15) is 43.5 Å². The Bertz CT molecular complexity index is 1770. The van der Waals surface area contributed by atoms with Crippen LogP contribution in [-0.4, -0.2) is 16.6 Å². The fourth-order valence-electron chi connectivity index (χ4n) is 4.42. The number of hydrogen-bond acceptors (Lipinski definition) is 6. The van der Waals surface area contributed by atoms with Crippen LogP contribution in [0.2, 0.25) is 10.0 Å². The van der Waals surface area contributed by atoms with E-state index in [0.717, 1.165) is 16.7 Å². The van der Waals surface area contributed by atoms with Gasteiger partial charge < -0.3 is 9.47 Å². The van der Waals surface area contributed by atoms with E-state index in [1.807, 2.05) is 54.6 Å². The van der Waals surface area contributed by atoms with Crippen molar-refractivity contribution in [1.82, 2.24) is 4.57 Å². The summed E-state index contributed by atoms with van der Waals surface area (Å²) in [5.41, 5.74) is 3.07. The Hall–Kier alpha value is -3.65. The molecule has 1 aliphatic heterocycles. The van der Waals surface area contributed by atoms with Crippen molar-refractivity contribution in [3.05, 3.63) is 130 Å². The van der Waals surface area contributed by atoms with Crippen molar-refractivity contribution in [2.45, 2.75) is 39.5 Å². The van der Waals surface area contributed by atoms with Crippen LogP contribution >= 0.6 is 34.5 Å². The van der Waals surface area contributed by atoms with Crippen LogP contribution in [0.5, 0.6) is 5.75 Å². The van der Waals surface area contributed by atoms with Crippen LogP contribution in [0, 0.1) is 0 Å². The second kappa shape index (κ2) is 11.8. The Morgan fingerprint density at radius 1 is 1.05 bits per heavy atom. The average molecular weight is 594 g/mol. The summed E-state index contributed by atoms with van der Waals surface area (Å²) in [4.78, 5) is 32.2. The Balaban J connectivity index is 1.57. The Morgan fingerprint density at radius 2 is 1.77 bits per heavy atom. The molecule has 1 atom stereocenters. The monoisotopic (exact) mass is 592 g/mol. The summed E-state index contributed by atoms with van der Waals surface area (Å²) in [6.07, 6.45) is 1.41. The van der Waals surface area contributed by atoms with Gasteiger partial charge in [-0.25, -0.2) is 9.79 Å². The molecular formula is C31H26Cl2N2O4S. The number of rotatable bonds is 7. The first-order chi connectivity index (χ1) is 19.2. The Kier molecular flexibility index (Phi) is 8.26. The molecule has 1 aliphatic rings. The van der Waals surface area contributed by atoms with Gasteiger partial charge in [0.05, 0.1) is 38.0 Å². The van der Waals surface area contributed by atoms with Crippen LogP contribution in [0.3, 0.4) is 0 Å². The van der Waals surface area contributed by atoms with Crippen LogP contribution < -0.4 is 19.6 Å². The topological polar surface area (TPSA) is 69.9 Å². The minimum Gasteiger partial charge on any atom is -0.489 e. The van der Waals surface area contributed by atoms with E-state index in [0.29, 0.717) is 43.0 Å². The smallest absolute Gasteiger partial charge is 0.338 e. The summed E-state index contributed by atoms with van der Waals surface area (Å²) in [6.45, 7) is 5.76. The quantitative estimate of drug-likeness (QED) is 0.244. The van der Waals surface area contributed by atoms with Crippen molar-refractivity contribution in [1.29, 1.82) is 0 Å². The first-order valence-electron chi connectivity index (χ1n) is 12.7. The van der Waals surface area contributed by atoms with E-state index in [2.05, 4.69) is 4.99 Å². The van der Waals surface area contributed by atoms with Crippen molar-refractivity contribution < 1.29 is 14.3 Å². The molecule has 0 amide bonds. The van der Waals surface area contributed by atoms with Gasteiger partial charge in [-0.2, -0.15) is 0 Å².